The van der Waals surface area contributed by atoms with Crippen LogP contribution >= 0.6 is 0 Å². The first kappa shape index (κ1) is 11.4. The normalized spacial score (nSPS) is 27.1. The molecule has 1 fully saturated rings. The molecule has 0 N–H and O–H groups in total. The van der Waals surface area contributed by atoms with E-state index in [0.717, 1.165) is 11.1 Å². The minimum Gasteiger partial charge on any atom is -0.448 e. The van der Waals surface area contributed by atoms with Crippen molar-refractivity contribution in [3.8, 4) is 0 Å². The molecule has 3 nitrogen and oxygen atoms in total. The maximum Gasteiger partial charge on any atom is 0.307 e. The van der Waals surface area contributed by atoms with E-state index >= 15 is 0 Å². The molecule has 0 unspecified atom stereocenters. The monoisotopic (exact) mass is 264 g/mol. The zero-order chi connectivity index (χ0) is 13.7. The first-order valence-corrected chi connectivity index (χ1v) is 6.64. The fraction of sp³-hybridized carbons (Fsp3) is 0.176. The van der Waals surface area contributed by atoms with E-state index in [0.29, 0.717) is 5.56 Å². The third-order valence-corrected chi connectivity index (χ3v) is 4.25. The molecule has 2 aromatic rings. The van der Waals surface area contributed by atoms with Crippen molar-refractivity contribution in [2.45, 2.75) is 12.0 Å². The fourth-order valence-electron chi connectivity index (χ4n) is 3.43. The Morgan fingerprint density at radius 3 is 2.45 bits per heavy atom. The van der Waals surface area contributed by atoms with Crippen LogP contribution in [0.3, 0.4) is 0 Å². The number of fused-ring (bicyclic) bond motifs is 3. The number of hydrogen-bond donors (Lipinski definition) is 0. The van der Waals surface area contributed by atoms with Crippen LogP contribution in [0.4, 0.5) is 0 Å². The molecule has 0 aromatic heterocycles. The maximum atomic E-state index is 12.6. The molecule has 0 radical (unpaired) electrons. The first-order chi connectivity index (χ1) is 9.73. The molecule has 0 amide bonds. The fourth-order valence-corrected chi connectivity index (χ4v) is 3.43. The van der Waals surface area contributed by atoms with Crippen LogP contribution in [0.1, 0.15) is 27.9 Å². The number of ketones is 1. The van der Waals surface area contributed by atoms with E-state index in [1.165, 1.54) is 0 Å². The molecular weight excluding hydrogens is 252 g/mol. The predicted molar refractivity (Wildman–Crippen MR) is 72.2 cm³/mol. The van der Waals surface area contributed by atoms with E-state index in [1.807, 2.05) is 54.6 Å². The van der Waals surface area contributed by atoms with Gasteiger partial charge in [-0.3, -0.25) is 9.59 Å². The minimum absolute atomic E-state index is 0.00954. The van der Waals surface area contributed by atoms with Gasteiger partial charge in [0.15, 0.2) is 11.4 Å². The van der Waals surface area contributed by atoms with Gasteiger partial charge in [0.05, 0.1) is 12.3 Å². The summed E-state index contributed by atoms with van der Waals surface area (Å²) in [7, 11) is 0. The van der Waals surface area contributed by atoms with Crippen molar-refractivity contribution in [2.24, 2.45) is 5.92 Å². The molecule has 20 heavy (non-hydrogen) atoms. The molecule has 0 bridgehead atoms. The SMILES string of the molecule is O=C1C[C@H]2C(=O)c3ccccc3[C@@]2(c2ccccc2)O1. The lowest BCUT2D eigenvalue weighted by Gasteiger charge is -2.28. The highest BCUT2D eigenvalue weighted by molar-refractivity contribution is 6.07. The Hall–Kier alpha value is -2.42. The van der Waals surface area contributed by atoms with Crippen LogP contribution in [-0.2, 0) is 15.1 Å². The molecule has 2 atom stereocenters. The van der Waals surface area contributed by atoms with Crippen molar-refractivity contribution >= 4 is 11.8 Å². The number of carbonyl (C=O) groups is 2. The quantitative estimate of drug-likeness (QED) is 0.744. The van der Waals surface area contributed by atoms with Crippen LogP contribution in [0, 0.1) is 5.92 Å². The number of Topliss-reactive ketones (excluding diaryl/α,β-unsaturated/α-hetero) is 1. The van der Waals surface area contributed by atoms with E-state index < -0.39 is 11.5 Å². The van der Waals surface area contributed by atoms with E-state index in [4.69, 9.17) is 4.74 Å². The third-order valence-electron chi connectivity index (χ3n) is 4.25. The van der Waals surface area contributed by atoms with Crippen LogP contribution in [0.15, 0.2) is 54.6 Å². The average Bonchev–Trinajstić information content (AvgIpc) is 2.95. The van der Waals surface area contributed by atoms with E-state index in [9.17, 15) is 9.59 Å². The number of rotatable bonds is 1. The summed E-state index contributed by atoms with van der Waals surface area (Å²) < 4.78 is 5.70. The van der Waals surface area contributed by atoms with E-state index in [-0.39, 0.29) is 18.2 Å². The second-order valence-electron chi connectivity index (χ2n) is 5.24. The Morgan fingerprint density at radius 2 is 1.65 bits per heavy atom. The summed E-state index contributed by atoms with van der Waals surface area (Å²) in [6, 6.07) is 17.0. The molecule has 98 valence electrons. The summed E-state index contributed by atoms with van der Waals surface area (Å²) in [6.07, 6.45) is 0.155. The number of ether oxygens (including phenoxy) is 1. The van der Waals surface area contributed by atoms with Crippen molar-refractivity contribution in [1.29, 1.82) is 0 Å². The zero-order valence-corrected chi connectivity index (χ0v) is 10.7. The molecule has 2 aromatic carbocycles. The minimum atomic E-state index is -0.925. The van der Waals surface area contributed by atoms with Gasteiger partial charge in [-0.25, -0.2) is 0 Å². The van der Waals surface area contributed by atoms with Crippen molar-refractivity contribution in [3.05, 3.63) is 71.3 Å². The van der Waals surface area contributed by atoms with Gasteiger partial charge in [0, 0.05) is 16.7 Å². The summed E-state index contributed by atoms with van der Waals surface area (Å²) >= 11 is 0. The summed E-state index contributed by atoms with van der Waals surface area (Å²) in [5.41, 5.74) is 1.43. The topological polar surface area (TPSA) is 43.4 Å². The molecule has 0 saturated carbocycles. The smallest absolute Gasteiger partial charge is 0.307 e. The van der Waals surface area contributed by atoms with Crippen LogP contribution in [-0.4, -0.2) is 11.8 Å². The van der Waals surface area contributed by atoms with Gasteiger partial charge < -0.3 is 4.74 Å². The third kappa shape index (κ3) is 1.24. The first-order valence-electron chi connectivity index (χ1n) is 6.64. The molecule has 1 aliphatic carbocycles. The maximum absolute atomic E-state index is 12.6. The number of hydrogen-bond acceptors (Lipinski definition) is 3. The molecule has 1 heterocycles. The average molecular weight is 264 g/mol. The standard InChI is InChI=1S/C17H12O3/c18-15-10-14-16(19)12-8-4-5-9-13(12)17(14,20-15)11-6-2-1-3-7-11/h1-9,14H,10H2/t14-,17+/m0/s1. The van der Waals surface area contributed by atoms with Gasteiger partial charge in [0.25, 0.3) is 0 Å². The van der Waals surface area contributed by atoms with Gasteiger partial charge in [-0.15, -0.1) is 0 Å². The molecule has 4 rings (SSSR count). The van der Waals surface area contributed by atoms with Gasteiger partial charge in [-0.2, -0.15) is 0 Å². The lowest BCUT2D eigenvalue weighted by molar-refractivity contribution is -0.146. The van der Waals surface area contributed by atoms with E-state index in [2.05, 4.69) is 0 Å². The highest BCUT2D eigenvalue weighted by Crippen LogP contribution is 2.53. The molecule has 1 saturated heterocycles. The second-order valence-corrected chi connectivity index (χ2v) is 5.24. The molecule has 3 heteroatoms. The number of benzene rings is 2. The number of carbonyl (C=O) groups excluding carboxylic acids is 2. The van der Waals surface area contributed by atoms with Crippen molar-refractivity contribution in [3.63, 3.8) is 0 Å². The Kier molecular flexibility index (Phi) is 2.16. The highest BCUT2D eigenvalue weighted by atomic mass is 16.6. The Morgan fingerprint density at radius 1 is 0.950 bits per heavy atom. The van der Waals surface area contributed by atoms with E-state index in [1.54, 1.807) is 0 Å². The largest absolute Gasteiger partial charge is 0.448 e. The molecule has 0 spiro atoms. The Bertz CT molecular complexity index is 720. The van der Waals surface area contributed by atoms with Crippen molar-refractivity contribution < 1.29 is 14.3 Å². The summed E-state index contributed by atoms with van der Waals surface area (Å²) in [5.74, 6) is -0.730. The number of esters is 1. The lowest BCUT2D eigenvalue weighted by atomic mass is 9.81. The van der Waals surface area contributed by atoms with Gasteiger partial charge in [0.2, 0.25) is 0 Å². The Labute approximate surface area is 116 Å². The summed E-state index contributed by atoms with van der Waals surface area (Å²) in [5, 5.41) is 0. The molecule has 2 aliphatic rings. The van der Waals surface area contributed by atoms with Gasteiger partial charge >= 0.3 is 5.97 Å². The lowest BCUT2D eigenvalue weighted by Crippen LogP contribution is -2.31. The predicted octanol–water partition coefficient (Wildman–Crippen LogP) is 2.69. The van der Waals surface area contributed by atoms with Crippen LogP contribution in [0.5, 0.6) is 0 Å². The second kappa shape index (κ2) is 3.79. The van der Waals surface area contributed by atoms with Crippen LogP contribution < -0.4 is 0 Å². The van der Waals surface area contributed by atoms with Gasteiger partial charge in [0.1, 0.15) is 0 Å². The Balaban J connectivity index is 2.04. The van der Waals surface area contributed by atoms with Crippen LogP contribution in [0.2, 0.25) is 0 Å². The zero-order valence-electron chi connectivity index (χ0n) is 10.7. The van der Waals surface area contributed by atoms with Crippen molar-refractivity contribution in [1.82, 2.24) is 0 Å². The highest BCUT2D eigenvalue weighted by Gasteiger charge is 2.60. The summed E-state index contributed by atoms with van der Waals surface area (Å²) in [6.45, 7) is 0. The molecular formula is C17H12O3. The summed E-state index contributed by atoms with van der Waals surface area (Å²) in [4.78, 5) is 24.4. The van der Waals surface area contributed by atoms with Gasteiger partial charge in [-0.05, 0) is 0 Å². The van der Waals surface area contributed by atoms with Gasteiger partial charge in [-0.1, -0.05) is 54.6 Å². The van der Waals surface area contributed by atoms with Crippen molar-refractivity contribution in [2.75, 3.05) is 0 Å². The molecule has 1 aliphatic heterocycles. The van der Waals surface area contributed by atoms with Crippen LogP contribution in [0.25, 0.3) is 0 Å².